The van der Waals surface area contributed by atoms with Crippen molar-refractivity contribution in [1.29, 1.82) is 0 Å². The maximum atomic E-state index is 2.45. The summed E-state index contributed by atoms with van der Waals surface area (Å²) in [5.74, 6) is 2.15. The highest BCUT2D eigenvalue weighted by Gasteiger charge is 2.28. The molecule has 10 heavy (non-hydrogen) atoms. The number of allylic oxidation sites excluding steroid dienone is 2. The van der Waals surface area contributed by atoms with Gasteiger partial charge in [-0.2, -0.15) is 0 Å². The molecule has 2 atom stereocenters. The molecule has 0 unspecified atom stereocenters. The molecule has 0 N–H and O–H groups in total. The van der Waals surface area contributed by atoms with Gasteiger partial charge in [0.1, 0.15) is 0 Å². The molecule has 0 bridgehead atoms. The molecule has 0 radical (unpaired) electrons. The predicted molar refractivity (Wildman–Crippen MR) is 43.8 cm³/mol. The van der Waals surface area contributed by atoms with Crippen molar-refractivity contribution in [2.75, 3.05) is 0 Å². The highest BCUT2D eigenvalue weighted by molar-refractivity contribution is 5.06. The number of hydrogen-bond donors (Lipinski definition) is 0. The van der Waals surface area contributed by atoms with Crippen LogP contribution in [0.2, 0.25) is 0 Å². The van der Waals surface area contributed by atoms with Gasteiger partial charge in [0.25, 0.3) is 0 Å². The van der Waals surface area contributed by atoms with E-state index in [1.165, 1.54) is 32.1 Å². The van der Waals surface area contributed by atoms with Gasteiger partial charge in [0.2, 0.25) is 0 Å². The van der Waals surface area contributed by atoms with Crippen LogP contribution in [0.4, 0.5) is 0 Å². The Morgan fingerprint density at radius 2 is 2.10 bits per heavy atom. The Morgan fingerprint density at radius 1 is 1.30 bits per heavy atom. The Balaban J connectivity index is 2.08. The highest BCUT2D eigenvalue weighted by atomic mass is 14.3. The van der Waals surface area contributed by atoms with E-state index in [1.54, 1.807) is 5.57 Å². The van der Waals surface area contributed by atoms with Crippen molar-refractivity contribution in [2.45, 2.75) is 39.0 Å². The fourth-order valence-corrected chi connectivity index (χ4v) is 2.54. The van der Waals surface area contributed by atoms with Crippen LogP contribution < -0.4 is 0 Å². The van der Waals surface area contributed by atoms with Gasteiger partial charge in [-0.1, -0.05) is 18.1 Å². The van der Waals surface area contributed by atoms with Crippen molar-refractivity contribution in [3.63, 3.8) is 0 Å². The first kappa shape index (κ1) is 6.45. The lowest BCUT2D eigenvalue weighted by atomic mass is 9.83. The number of hydrogen-bond acceptors (Lipinski definition) is 0. The minimum absolute atomic E-state index is 1.07. The average Bonchev–Trinajstić information content (AvgIpc) is 2.33. The van der Waals surface area contributed by atoms with Crippen LogP contribution in [0.5, 0.6) is 0 Å². The zero-order valence-corrected chi connectivity index (χ0v) is 6.77. The average molecular weight is 136 g/mol. The summed E-state index contributed by atoms with van der Waals surface area (Å²) >= 11 is 0. The maximum Gasteiger partial charge on any atom is -0.0292 e. The highest BCUT2D eigenvalue weighted by Crippen LogP contribution is 2.41. The molecule has 0 amide bonds. The van der Waals surface area contributed by atoms with E-state index in [1.807, 2.05) is 0 Å². The van der Waals surface area contributed by atoms with Crippen LogP contribution in [-0.4, -0.2) is 0 Å². The summed E-state index contributed by atoms with van der Waals surface area (Å²) in [6.45, 7) is 2.29. The third kappa shape index (κ3) is 1.00. The molecule has 0 saturated heterocycles. The number of fused-ring (bicyclic) bond motifs is 1. The second kappa shape index (κ2) is 2.41. The summed E-state index contributed by atoms with van der Waals surface area (Å²) in [5.41, 5.74) is 1.64. The molecule has 0 spiro atoms. The molecule has 0 heteroatoms. The van der Waals surface area contributed by atoms with Crippen LogP contribution in [0, 0.1) is 11.8 Å². The normalized spacial score (nSPS) is 39.1. The molecule has 2 aliphatic rings. The second-order valence-corrected chi connectivity index (χ2v) is 3.94. The van der Waals surface area contributed by atoms with E-state index >= 15 is 0 Å². The summed E-state index contributed by atoms with van der Waals surface area (Å²) in [5, 5.41) is 0. The van der Waals surface area contributed by atoms with Crippen molar-refractivity contribution in [2.24, 2.45) is 11.8 Å². The Labute approximate surface area is 63.3 Å². The summed E-state index contributed by atoms with van der Waals surface area (Å²) in [7, 11) is 0. The zero-order chi connectivity index (χ0) is 6.97. The van der Waals surface area contributed by atoms with Gasteiger partial charge in [0, 0.05) is 0 Å². The smallest absolute Gasteiger partial charge is 0.0292 e. The van der Waals surface area contributed by atoms with Crippen LogP contribution in [0.15, 0.2) is 11.6 Å². The summed E-state index contributed by atoms with van der Waals surface area (Å²) in [6, 6.07) is 0. The van der Waals surface area contributed by atoms with Gasteiger partial charge in [-0.05, 0) is 44.4 Å². The Bertz CT molecular complexity index is 155. The SMILES string of the molecule is CC1=CC[C@@H]2CCC[C@@H]2C1. The molecule has 2 aliphatic carbocycles. The molecule has 1 saturated carbocycles. The fourth-order valence-electron chi connectivity index (χ4n) is 2.54. The van der Waals surface area contributed by atoms with E-state index in [0.29, 0.717) is 0 Å². The molecule has 2 rings (SSSR count). The van der Waals surface area contributed by atoms with Crippen molar-refractivity contribution in [3.8, 4) is 0 Å². The predicted octanol–water partition coefficient (Wildman–Crippen LogP) is 3.14. The first-order valence-corrected chi connectivity index (χ1v) is 4.52. The lowest BCUT2D eigenvalue weighted by Crippen LogP contribution is -2.11. The summed E-state index contributed by atoms with van der Waals surface area (Å²) < 4.78 is 0. The van der Waals surface area contributed by atoms with Crippen molar-refractivity contribution in [3.05, 3.63) is 11.6 Å². The maximum absolute atomic E-state index is 2.45. The standard InChI is InChI=1S/C10H16/c1-8-5-6-9-3-2-4-10(9)7-8/h5,9-10H,2-4,6-7H2,1H3/t9-,10+/m0/s1. The van der Waals surface area contributed by atoms with Crippen LogP contribution in [0.3, 0.4) is 0 Å². The largest absolute Gasteiger partial charge is 0.0853 e. The number of rotatable bonds is 0. The van der Waals surface area contributed by atoms with Gasteiger partial charge in [0.15, 0.2) is 0 Å². The first-order valence-electron chi connectivity index (χ1n) is 4.52. The van der Waals surface area contributed by atoms with Crippen molar-refractivity contribution < 1.29 is 0 Å². The molecule has 0 nitrogen and oxygen atoms in total. The fraction of sp³-hybridized carbons (Fsp3) is 0.800. The quantitative estimate of drug-likeness (QED) is 0.449. The van der Waals surface area contributed by atoms with Crippen LogP contribution in [-0.2, 0) is 0 Å². The van der Waals surface area contributed by atoms with Crippen LogP contribution in [0.1, 0.15) is 39.0 Å². The Morgan fingerprint density at radius 3 is 3.00 bits per heavy atom. The molecule has 0 aromatic heterocycles. The molecule has 0 aromatic carbocycles. The Kier molecular flexibility index (Phi) is 1.55. The summed E-state index contributed by atoms with van der Waals surface area (Å²) in [4.78, 5) is 0. The van der Waals surface area contributed by atoms with Crippen LogP contribution >= 0.6 is 0 Å². The van der Waals surface area contributed by atoms with Crippen molar-refractivity contribution >= 4 is 0 Å². The summed E-state index contributed by atoms with van der Waals surface area (Å²) in [6.07, 6.45) is 9.76. The molecule has 0 heterocycles. The molecule has 1 fully saturated rings. The monoisotopic (exact) mass is 136 g/mol. The van der Waals surface area contributed by atoms with E-state index in [-0.39, 0.29) is 0 Å². The minimum Gasteiger partial charge on any atom is -0.0853 e. The van der Waals surface area contributed by atoms with E-state index in [2.05, 4.69) is 13.0 Å². The van der Waals surface area contributed by atoms with Gasteiger partial charge < -0.3 is 0 Å². The van der Waals surface area contributed by atoms with Gasteiger partial charge in [-0.15, -0.1) is 0 Å². The lowest BCUT2D eigenvalue weighted by Gasteiger charge is -2.23. The zero-order valence-electron chi connectivity index (χ0n) is 6.77. The van der Waals surface area contributed by atoms with E-state index in [0.717, 1.165) is 11.8 Å². The third-order valence-corrected chi connectivity index (χ3v) is 3.17. The Hall–Kier alpha value is -0.260. The van der Waals surface area contributed by atoms with Gasteiger partial charge in [-0.3, -0.25) is 0 Å². The minimum atomic E-state index is 1.07. The van der Waals surface area contributed by atoms with Gasteiger partial charge in [0.05, 0.1) is 0 Å². The van der Waals surface area contributed by atoms with Crippen LogP contribution in [0.25, 0.3) is 0 Å². The van der Waals surface area contributed by atoms with E-state index < -0.39 is 0 Å². The molecular weight excluding hydrogens is 120 g/mol. The van der Waals surface area contributed by atoms with Gasteiger partial charge >= 0.3 is 0 Å². The lowest BCUT2D eigenvalue weighted by molar-refractivity contribution is 0.369. The molecule has 56 valence electrons. The second-order valence-electron chi connectivity index (χ2n) is 3.94. The van der Waals surface area contributed by atoms with E-state index in [4.69, 9.17) is 0 Å². The molecule has 0 aromatic rings. The topological polar surface area (TPSA) is 0 Å². The molecule has 0 aliphatic heterocycles. The van der Waals surface area contributed by atoms with Gasteiger partial charge in [-0.25, -0.2) is 0 Å². The third-order valence-electron chi connectivity index (χ3n) is 3.17. The van der Waals surface area contributed by atoms with Crippen molar-refractivity contribution in [1.82, 2.24) is 0 Å². The molecular formula is C10H16. The first-order chi connectivity index (χ1) is 4.86. The van der Waals surface area contributed by atoms with E-state index in [9.17, 15) is 0 Å².